The SMILES string of the molecule is CCNc1nc(-c2cc(Br)ccc2Cl)nc2c1CSC2. The minimum absolute atomic E-state index is 0.668. The van der Waals surface area contributed by atoms with Crippen molar-refractivity contribution in [3.05, 3.63) is 39.0 Å². The van der Waals surface area contributed by atoms with Gasteiger partial charge in [0.05, 0.1) is 10.7 Å². The van der Waals surface area contributed by atoms with Crippen molar-refractivity contribution in [2.24, 2.45) is 0 Å². The molecule has 1 aliphatic heterocycles. The fourth-order valence-electron chi connectivity index (χ4n) is 2.15. The van der Waals surface area contributed by atoms with Crippen molar-refractivity contribution >= 4 is 45.1 Å². The minimum atomic E-state index is 0.668. The number of fused-ring (bicyclic) bond motifs is 1. The Balaban J connectivity index is 2.14. The molecule has 1 aromatic carbocycles. The molecule has 0 bridgehead atoms. The van der Waals surface area contributed by atoms with Crippen LogP contribution in [-0.2, 0) is 11.5 Å². The van der Waals surface area contributed by atoms with E-state index in [0.717, 1.165) is 39.6 Å². The molecule has 3 rings (SSSR count). The van der Waals surface area contributed by atoms with Gasteiger partial charge in [0, 0.05) is 33.7 Å². The van der Waals surface area contributed by atoms with Gasteiger partial charge in [-0.2, -0.15) is 11.8 Å². The molecule has 0 fully saturated rings. The second-order valence-corrected chi connectivity index (χ2v) is 6.78. The van der Waals surface area contributed by atoms with E-state index in [9.17, 15) is 0 Å². The lowest BCUT2D eigenvalue weighted by Gasteiger charge is -2.11. The predicted molar refractivity (Wildman–Crippen MR) is 89.3 cm³/mol. The van der Waals surface area contributed by atoms with Gasteiger partial charge >= 0.3 is 0 Å². The number of aromatic nitrogens is 2. The summed E-state index contributed by atoms with van der Waals surface area (Å²) < 4.78 is 0.973. The molecule has 1 N–H and O–H groups in total. The van der Waals surface area contributed by atoms with Crippen molar-refractivity contribution in [2.45, 2.75) is 18.4 Å². The van der Waals surface area contributed by atoms with Crippen molar-refractivity contribution in [1.82, 2.24) is 9.97 Å². The summed E-state index contributed by atoms with van der Waals surface area (Å²) in [4.78, 5) is 9.36. The normalized spacial score (nSPS) is 13.3. The van der Waals surface area contributed by atoms with E-state index in [1.54, 1.807) is 0 Å². The second kappa shape index (κ2) is 5.92. The van der Waals surface area contributed by atoms with Crippen LogP contribution in [0.25, 0.3) is 11.4 Å². The Bertz CT molecular complexity index is 663. The highest BCUT2D eigenvalue weighted by Crippen LogP contribution is 2.36. The lowest BCUT2D eigenvalue weighted by molar-refractivity contribution is 1.05. The van der Waals surface area contributed by atoms with Crippen LogP contribution in [0.15, 0.2) is 22.7 Å². The van der Waals surface area contributed by atoms with Gasteiger partial charge in [0.15, 0.2) is 5.82 Å². The van der Waals surface area contributed by atoms with E-state index in [4.69, 9.17) is 16.6 Å². The second-order valence-electron chi connectivity index (χ2n) is 4.47. The molecule has 0 amide bonds. The summed E-state index contributed by atoms with van der Waals surface area (Å²) in [7, 11) is 0. The third kappa shape index (κ3) is 2.67. The summed E-state index contributed by atoms with van der Waals surface area (Å²) in [5.41, 5.74) is 3.21. The van der Waals surface area contributed by atoms with E-state index in [0.29, 0.717) is 10.8 Å². The molecule has 0 saturated carbocycles. The predicted octanol–water partition coefficient (Wildman–Crippen LogP) is 4.74. The van der Waals surface area contributed by atoms with Gasteiger partial charge in [0.2, 0.25) is 0 Å². The summed E-state index contributed by atoms with van der Waals surface area (Å²) in [6, 6.07) is 5.74. The Morgan fingerprint density at radius 3 is 3.00 bits per heavy atom. The van der Waals surface area contributed by atoms with Gasteiger partial charge in [0.25, 0.3) is 0 Å². The lowest BCUT2D eigenvalue weighted by atomic mass is 10.2. The molecule has 0 saturated heterocycles. The molecule has 20 heavy (non-hydrogen) atoms. The average molecular weight is 371 g/mol. The maximum atomic E-state index is 6.28. The first kappa shape index (κ1) is 14.2. The van der Waals surface area contributed by atoms with Crippen molar-refractivity contribution in [3.8, 4) is 11.4 Å². The third-order valence-corrected chi connectivity index (χ3v) is 4.88. The summed E-state index contributed by atoms with van der Waals surface area (Å²) in [6.07, 6.45) is 0. The number of nitrogens with zero attached hydrogens (tertiary/aromatic N) is 2. The summed E-state index contributed by atoms with van der Waals surface area (Å²) >= 11 is 11.6. The molecule has 6 heteroatoms. The zero-order valence-electron chi connectivity index (χ0n) is 10.9. The van der Waals surface area contributed by atoms with Crippen LogP contribution in [0.3, 0.4) is 0 Å². The van der Waals surface area contributed by atoms with Crippen molar-refractivity contribution in [2.75, 3.05) is 11.9 Å². The topological polar surface area (TPSA) is 37.8 Å². The van der Waals surface area contributed by atoms with Gasteiger partial charge in [-0.05, 0) is 25.1 Å². The standard InChI is InChI=1S/C14H13BrClN3S/c1-2-17-13-10-6-20-7-12(10)18-14(19-13)9-5-8(15)3-4-11(9)16/h3-5H,2,6-7H2,1H3,(H,17,18,19). The molecule has 104 valence electrons. The number of hydrogen-bond acceptors (Lipinski definition) is 4. The Morgan fingerprint density at radius 1 is 1.35 bits per heavy atom. The van der Waals surface area contributed by atoms with Gasteiger partial charge < -0.3 is 5.32 Å². The first-order valence-electron chi connectivity index (χ1n) is 6.36. The van der Waals surface area contributed by atoms with E-state index in [1.165, 1.54) is 5.56 Å². The molecule has 2 aromatic rings. The van der Waals surface area contributed by atoms with Crippen LogP contribution < -0.4 is 5.32 Å². The summed E-state index contributed by atoms with van der Waals surface area (Å²) in [6.45, 7) is 2.92. The molecule has 1 aliphatic rings. The highest BCUT2D eigenvalue weighted by molar-refractivity contribution is 9.10. The van der Waals surface area contributed by atoms with Crippen LogP contribution in [-0.4, -0.2) is 16.5 Å². The molecule has 0 aliphatic carbocycles. The Hall–Kier alpha value is -0.780. The van der Waals surface area contributed by atoms with E-state index >= 15 is 0 Å². The van der Waals surface area contributed by atoms with Crippen LogP contribution in [0, 0.1) is 0 Å². The molecule has 3 nitrogen and oxygen atoms in total. The number of halogens is 2. The average Bonchev–Trinajstić information content (AvgIpc) is 2.90. The van der Waals surface area contributed by atoms with E-state index < -0.39 is 0 Å². The molecule has 1 aromatic heterocycles. The lowest BCUT2D eigenvalue weighted by Crippen LogP contribution is -2.06. The van der Waals surface area contributed by atoms with Crippen LogP contribution >= 0.6 is 39.3 Å². The monoisotopic (exact) mass is 369 g/mol. The molecule has 0 unspecified atom stereocenters. The number of nitrogens with one attached hydrogen (secondary N) is 1. The van der Waals surface area contributed by atoms with Gasteiger partial charge in [-0.3, -0.25) is 0 Å². The van der Waals surface area contributed by atoms with Crippen molar-refractivity contribution in [1.29, 1.82) is 0 Å². The zero-order chi connectivity index (χ0) is 14.1. The van der Waals surface area contributed by atoms with Crippen LogP contribution in [0.1, 0.15) is 18.2 Å². The third-order valence-electron chi connectivity index (χ3n) is 3.09. The van der Waals surface area contributed by atoms with Gasteiger partial charge in [-0.25, -0.2) is 9.97 Å². The number of benzene rings is 1. The van der Waals surface area contributed by atoms with E-state index in [1.807, 2.05) is 30.0 Å². The van der Waals surface area contributed by atoms with Crippen LogP contribution in [0.5, 0.6) is 0 Å². The number of rotatable bonds is 3. The van der Waals surface area contributed by atoms with Crippen LogP contribution in [0.2, 0.25) is 5.02 Å². The summed E-state index contributed by atoms with van der Waals surface area (Å²) in [5.74, 6) is 3.54. The highest BCUT2D eigenvalue weighted by Gasteiger charge is 2.20. The van der Waals surface area contributed by atoms with Gasteiger partial charge in [-0.1, -0.05) is 27.5 Å². The van der Waals surface area contributed by atoms with E-state index in [2.05, 4.69) is 33.2 Å². The maximum Gasteiger partial charge on any atom is 0.163 e. The number of hydrogen-bond donors (Lipinski definition) is 1. The Morgan fingerprint density at radius 2 is 2.20 bits per heavy atom. The largest absolute Gasteiger partial charge is 0.370 e. The minimum Gasteiger partial charge on any atom is -0.370 e. The van der Waals surface area contributed by atoms with E-state index in [-0.39, 0.29) is 0 Å². The smallest absolute Gasteiger partial charge is 0.163 e. The van der Waals surface area contributed by atoms with Gasteiger partial charge in [0.1, 0.15) is 5.82 Å². The first-order valence-corrected chi connectivity index (χ1v) is 8.68. The molecular formula is C14H13BrClN3S. The molecule has 2 heterocycles. The molecule has 0 atom stereocenters. The van der Waals surface area contributed by atoms with Crippen LogP contribution in [0.4, 0.5) is 5.82 Å². The Kier molecular flexibility index (Phi) is 4.19. The molecular weight excluding hydrogens is 358 g/mol. The van der Waals surface area contributed by atoms with Crippen molar-refractivity contribution < 1.29 is 0 Å². The first-order chi connectivity index (χ1) is 9.69. The zero-order valence-corrected chi connectivity index (χ0v) is 14.1. The summed E-state index contributed by atoms with van der Waals surface area (Å²) in [5, 5.41) is 4.00. The fraction of sp³-hybridized carbons (Fsp3) is 0.286. The fourth-order valence-corrected chi connectivity index (χ4v) is 3.76. The maximum absolute atomic E-state index is 6.28. The molecule has 0 spiro atoms. The quantitative estimate of drug-likeness (QED) is 0.847. The molecule has 0 radical (unpaired) electrons. The number of anilines is 1. The van der Waals surface area contributed by atoms with Gasteiger partial charge in [-0.15, -0.1) is 0 Å². The Labute approximate surface area is 135 Å². The highest BCUT2D eigenvalue weighted by atomic mass is 79.9. The number of thioether (sulfide) groups is 1. The van der Waals surface area contributed by atoms with Crippen molar-refractivity contribution in [3.63, 3.8) is 0 Å².